The summed E-state index contributed by atoms with van der Waals surface area (Å²) < 4.78 is 0. The van der Waals surface area contributed by atoms with Gasteiger partial charge in [-0.1, -0.05) is 25.1 Å². The topological polar surface area (TPSA) is 32.3 Å². The molecule has 1 unspecified atom stereocenters. The fourth-order valence-corrected chi connectivity index (χ4v) is 1.50. The molecule has 0 aliphatic carbocycles. The molecular weight excluding hydrogens is 188 g/mol. The fraction of sp³-hybridized carbons (Fsp3) is 0.417. The Labute approximate surface area is 91.1 Å². The Morgan fingerprint density at radius 1 is 1.40 bits per heavy atom. The lowest BCUT2D eigenvalue weighted by atomic mass is 10.1. The first kappa shape index (κ1) is 11.7. The van der Waals surface area contributed by atoms with Crippen LogP contribution in [0.25, 0.3) is 0 Å². The highest BCUT2D eigenvalue weighted by atomic mass is 16.2. The van der Waals surface area contributed by atoms with Crippen molar-refractivity contribution in [1.82, 2.24) is 5.32 Å². The number of hydrogen-bond acceptors (Lipinski definition) is 2. The van der Waals surface area contributed by atoms with E-state index in [0.29, 0.717) is 6.54 Å². The summed E-state index contributed by atoms with van der Waals surface area (Å²) in [6.45, 7) is 2.63. The molecule has 0 aliphatic rings. The minimum atomic E-state index is 0.000191. The molecule has 15 heavy (non-hydrogen) atoms. The highest BCUT2D eigenvalue weighted by molar-refractivity contribution is 5.94. The van der Waals surface area contributed by atoms with Gasteiger partial charge in [-0.2, -0.15) is 0 Å². The molecule has 1 amide bonds. The maximum Gasteiger partial charge on any atom is 0.230 e. The number of hydrogen-bond donors (Lipinski definition) is 1. The van der Waals surface area contributed by atoms with Gasteiger partial charge in [0.05, 0.1) is 0 Å². The van der Waals surface area contributed by atoms with Crippen LogP contribution in [0.3, 0.4) is 0 Å². The number of benzene rings is 1. The molecule has 3 nitrogen and oxygen atoms in total. The molecular formula is C12H18N2O. The largest absolute Gasteiger partial charge is 0.319 e. The Balaban J connectivity index is 2.69. The molecule has 0 saturated carbocycles. The Morgan fingerprint density at radius 2 is 2.00 bits per heavy atom. The quantitative estimate of drug-likeness (QED) is 0.809. The monoisotopic (exact) mass is 206 g/mol. The zero-order valence-electron chi connectivity index (χ0n) is 9.53. The van der Waals surface area contributed by atoms with Crippen LogP contribution in [-0.2, 0) is 4.79 Å². The second-order valence-electron chi connectivity index (χ2n) is 3.69. The lowest BCUT2D eigenvalue weighted by Gasteiger charge is -2.21. The lowest BCUT2D eigenvalue weighted by molar-refractivity contribution is -0.121. The Hall–Kier alpha value is -1.35. The van der Waals surface area contributed by atoms with Gasteiger partial charge in [0, 0.05) is 25.2 Å². The minimum Gasteiger partial charge on any atom is -0.319 e. The van der Waals surface area contributed by atoms with E-state index in [9.17, 15) is 4.79 Å². The summed E-state index contributed by atoms with van der Waals surface area (Å²) in [4.78, 5) is 13.6. The Bertz CT molecular complexity index is 311. The second kappa shape index (κ2) is 5.51. The van der Waals surface area contributed by atoms with Crippen molar-refractivity contribution in [2.75, 3.05) is 25.5 Å². The number of nitrogens with one attached hydrogen (secondary N) is 1. The van der Waals surface area contributed by atoms with Crippen molar-refractivity contribution in [3.63, 3.8) is 0 Å². The number of carbonyl (C=O) groups is 1. The van der Waals surface area contributed by atoms with Crippen molar-refractivity contribution in [1.29, 1.82) is 0 Å². The van der Waals surface area contributed by atoms with Crippen LogP contribution in [0.2, 0.25) is 0 Å². The van der Waals surface area contributed by atoms with Gasteiger partial charge in [-0.15, -0.1) is 0 Å². The molecule has 0 fully saturated rings. The normalized spacial score (nSPS) is 12.2. The van der Waals surface area contributed by atoms with E-state index >= 15 is 0 Å². The van der Waals surface area contributed by atoms with E-state index in [-0.39, 0.29) is 11.8 Å². The lowest BCUT2D eigenvalue weighted by Crippen LogP contribution is -2.35. The number of anilines is 1. The SMILES string of the molecule is CNCC(C)C(=O)N(C)c1ccccc1. The van der Waals surface area contributed by atoms with Gasteiger partial charge in [0.1, 0.15) is 0 Å². The third-order valence-corrected chi connectivity index (χ3v) is 2.41. The maximum absolute atomic E-state index is 11.9. The van der Waals surface area contributed by atoms with Crippen LogP contribution in [0.15, 0.2) is 30.3 Å². The smallest absolute Gasteiger partial charge is 0.230 e. The molecule has 82 valence electrons. The molecule has 0 heterocycles. The number of amides is 1. The Kier molecular flexibility index (Phi) is 4.31. The average molecular weight is 206 g/mol. The first-order chi connectivity index (χ1) is 7.16. The highest BCUT2D eigenvalue weighted by Gasteiger charge is 2.17. The minimum absolute atomic E-state index is 0.000191. The van der Waals surface area contributed by atoms with Crippen molar-refractivity contribution >= 4 is 11.6 Å². The van der Waals surface area contributed by atoms with Gasteiger partial charge in [0.15, 0.2) is 0 Å². The highest BCUT2D eigenvalue weighted by Crippen LogP contribution is 2.13. The standard InChI is InChI=1S/C12H18N2O/c1-10(9-13-2)12(15)14(3)11-7-5-4-6-8-11/h4-8,10,13H,9H2,1-3H3. The molecule has 1 atom stereocenters. The van der Waals surface area contributed by atoms with Gasteiger partial charge in [-0.25, -0.2) is 0 Å². The summed E-state index contributed by atoms with van der Waals surface area (Å²) in [5, 5.41) is 3.01. The van der Waals surface area contributed by atoms with Gasteiger partial charge in [0.2, 0.25) is 5.91 Å². The summed E-state index contributed by atoms with van der Waals surface area (Å²) in [7, 11) is 3.66. The van der Waals surface area contributed by atoms with Gasteiger partial charge < -0.3 is 10.2 Å². The first-order valence-corrected chi connectivity index (χ1v) is 5.14. The number of para-hydroxylation sites is 1. The van der Waals surface area contributed by atoms with Crippen molar-refractivity contribution < 1.29 is 4.79 Å². The molecule has 1 aromatic carbocycles. The van der Waals surface area contributed by atoms with Crippen molar-refractivity contribution in [3.05, 3.63) is 30.3 Å². The van der Waals surface area contributed by atoms with Crippen LogP contribution in [0.4, 0.5) is 5.69 Å². The number of nitrogens with zero attached hydrogens (tertiary/aromatic N) is 1. The van der Waals surface area contributed by atoms with Crippen LogP contribution < -0.4 is 10.2 Å². The van der Waals surface area contributed by atoms with Gasteiger partial charge in [0.25, 0.3) is 0 Å². The fourth-order valence-electron chi connectivity index (χ4n) is 1.50. The van der Waals surface area contributed by atoms with Crippen LogP contribution in [-0.4, -0.2) is 26.5 Å². The van der Waals surface area contributed by atoms with Gasteiger partial charge in [-0.05, 0) is 19.2 Å². The van der Waals surface area contributed by atoms with Crippen LogP contribution in [0.5, 0.6) is 0 Å². The molecule has 0 saturated heterocycles. The molecule has 3 heteroatoms. The summed E-state index contributed by atoms with van der Waals surface area (Å²) >= 11 is 0. The van der Waals surface area contributed by atoms with Crippen LogP contribution >= 0.6 is 0 Å². The zero-order chi connectivity index (χ0) is 11.3. The zero-order valence-corrected chi connectivity index (χ0v) is 9.53. The first-order valence-electron chi connectivity index (χ1n) is 5.14. The summed E-state index contributed by atoms with van der Waals surface area (Å²) in [5.74, 6) is 0.135. The third-order valence-electron chi connectivity index (χ3n) is 2.41. The van der Waals surface area contributed by atoms with Crippen molar-refractivity contribution in [2.45, 2.75) is 6.92 Å². The summed E-state index contributed by atoms with van der Waals surface area (Å²) in [5.41, 5.74) is 0.936. The van der Waals surface area contributed by atoms with E-state index in [4.69, 9.17) is 0 Å². The number of carbonyl (C=O) groups excluding carboxylic acids is 1. The average Bonchev–Trinajstić information content (AvgIpc) is 2.28. The second-order valence-corrected chi connectivity index (χ2v) is 3.69. The molecule has 1 N–H and O–H groups in total. The van der Waals surface area contributed by atoms with Crippen molar-refractivity contribution in [2.24, 2.45) is 5.92 Å². The van der Waals surface area contributed by atoms with E-state index in [2.05, 4.69) is 5.32 Å². The van der Waals surface area contributed by atoms with Gasteiger partial charge >= 0.3 is 0 Å². The van der Waals surface area contributed by atoms with E-state index < -0.39 is 0 Å². The predicted molar refractivity (Wildman–Crippen MR) is 62.9 cm³/mol. The number of rotatable bonds is 4. The van der Waals surface area contributed by atoms with Gasteiger partial charge in [-0.3, -0.25) is 4.79 Å². The maximum atomic E-state index is 11.9. The summed E-state index contributed by atoms with van der Waals surface area (Å²) in [6, 6.07) is 9.68. The Morgan fingerprint density at radius 3 is 2.53 bits per heavy atom. The molecule has 0 aromatic heterocycles. The van der Waals surface area contributed by atoms with Crippen molar-refractivity contribution in [3.8, 4) is 0 Å². The van der Waals surface area contributed by atoms with E-state index in [1.54, 1.807) is 4.90 Å². The van der Waals surface area contributed by atoms with E-state index in [0.717, 1.165) is 5.69 Å². The van der Waals surface area contributed by atoms with Crippen LogP contribution in [0.1, 0.15) is 6.92 Å². The molecule has 0 aliphatic heterocycles. The molecule has 1 aromatic rings. The van der Waals surface area contributed by atoms with E-state index in [1.165, 1.54) is 0 Å². The predicted octanol–water partition coefficient (Wildman–Crippen LogP) is 1.50. The third kappa shape index (κ3) is 3.06. The summed E-state index contributed by atoms with van der Waals surface area (Å²) in [6.07, 6.45) is 0. The van der Waals surface area contributed by atoms with E-state index in [1.807, 2.05) is 51.4 Å². The van der Waals surface area contributed by atoms with Crippen LogP contribution in [0, 0.1) is 5.92 Å². The molecule has 0 radical (unpaired) electrons. The molecule has 0 bridgehead atoms. The molecule has 1 rings (SSSR count). The molecule has 0 spiro atoms.